The van der Waals surface area contributed by atoms with Crippen LogP contribution in [0.15, 0.2) is 73.3 Å². The van der Waals surface area contributed by atoms with Gasteiger partial charge in [0.1, 0.15) is 22.3 Å². The Labute approximate surface area is 200 Å². The maximum absolute atomic E-state index is 13.6. The number of sulfonamides is 2. The van der Waals surface area contributed by atoms with Crippen LogP contribution in [0.3, 0.4) is 0 Å². The van der Waals surface area contributed by atoms with Gasteiger partial charge in [-0.25, -0.2) is 25.6 Å². The molecule has 7 nitrogen and oxygen atoms in total. The number of hydrogen-bond acceptors (Lipinski definition) is 5. The fourth-order valence-corrected chi connectivity index (χ4v) is 5.99. The van der Waals surface area contributed by atoms with Crippen molar-refractivity contribution in [1.29, 1.82) is 0 Å². The maximum Gasteiger partial charge on any atom is 0.265 e. The fourth-order valence-electron chi connectivity index (χ4n) is 2.68. The third kappa shape index (κ3) is 5.77. The second kappa shape index (κ2) is 9.33. The van der Waals surface area contributed by atoms with Gasteiger partial charge in [0.2, 0.25) is 0 Å². The normalized spacial score (nSPS) is 11.8. The minimum Gasteiger partial charge on any atom is -0.495 e. The molecule has 0 aliphatic carbocycles. The zero-order chi connectivity index (χ0) is 23.7. The summed E-state index contributed by atoms with van der Waals surface area (Å²) in [7, 11) is -7.46. The molecule has 0 fully saturated rings. The van der Waals surface area contributed by atoms with Crippen LogP contribution in [0.5, 0.6) is 5.75 Å². The first-order chi connectivity index (χ1) is 14.9. The smallest absolute Gasteiger partial charge is 0.265 e. The van der Waals surface area contributed by atoms with Gasteiger partial charge in [-0.1, -0.05) is 31.9 Å². The summed E-state index contributed by atoms with van der Waals surface area (Å²) in [6, 6.07) is 10.0. The predicted molar refractivity (Wildman–Crippen MR) is 123 cm³/mol. The van der Waals surface area contributed by atoms with Gasteiger partial charge in [-0.05, 0) is 54.6 Å². The lowest BCUT2D eigenvalue weighted by molar-refractivity contribution is 0.402. The van der Waals surface area contributed by atoms with Crippen LogP contribution in [0.4, 0.5) is 20.2 Å². The molecule has 0 amide bonds. The third-order valence-electron chi connectivity index (χ3n) is 3.96. The number of rotatable bonds is 7. The number of methoxy groups -OCH3 is 1. The molecule has 0 aliphatic heterocycles. The minimum atomic E-state index is -4.38. The first-order valence-electron chi connectivity index (χ1n) is 8.55. The van der Waals surface area contributed by atoms with Gasteiger partial charge in [0.15, 0.2) is 0 Å². The molecule has 0 spiro atoms. The zero-order valence-corrected chi connectivity index (χ0v) is 20.9. The van der Waals surface area contributed by atoms with Crippen LogP contribution in [0, 0.1) is 11.6 Å². The highest BCUT2D eigenvalue weighted by molar-refractivity contribution is 9.10. The average molecular weight is 612 g/mol. The van der Waals surface area contributed by atoms with Crippen molar-refractivity contribution < 1.29 is 30.4 Å². The molecule has 0 atom stereocenters. The van der Waals surface area contributed by atoms with Crippen molar-refractivity contribution >= 4 is 63.3 Å². The average Bonchev–Trinajstić information content (AvgIpc) is 2.65. The van der Waals surface area contributed by atoms with E-state index in [1.165, 1.54) is 19.2 Å². The van der Waals surface area contributed by atoms with E-state index in [-0.39, 0.29) is 17.1 Å². The van der Waals surface area contributed by atoms with E-state index in [2.05, 4.69) is 41.3 Å². The summed E-state index contributed by atoms with van der Waals surface area (Å²) in [6.45, 7) is 0. The van der Waals surface area contributed by atoms with Gasteiger partial charge < -0.3 is 4.74 Å². The Bertz CT molecular complexity index is 1360. The monoisotopic (exact) mass is 610 g/mol. The van der Waals surface area contributed by atoms with Gasteiger partial charge in [0.25, 0.3) is 20.0 Å². The molecule has 0 unspecified atom stereocenters. The SMILES string of the molecule is COc1ccc(S(=O)(=O)Nc2cc(F)cc(Br)c2)cc1S(=O)(=O)Nc1cc(F)cc(Br)c1. The van der Waals surface area contributed by atoms with Crippen molar-refractivity contribution in [1.82, 2.24) is 0 Å². The molecule has 3 aromatic rings. The lowest BCUT2D eigenvalue weighted by Gasteiger charge is -2.14. The Kier molecular flexibility index (Phi) is 7.12. The van der Waals surface area contributed by atoms with Crippen LogP contribution >= 0.6 is 31.9 Å². The van der Waals surface area contributed by atoms with E-state index in [1.54, 1.807) is 0 Å². The molecule has 0 aliphatic rings. The second-order valence-electron chi connectivity index (χ2n) is 6.34. The standard InChI is InChI=1S/C19H14Br2F2N2O5S2/c1-30-18-3-2-17(31(26,27)24-15-6-11(20)4-13(22)8-15)10-19(18)32(28,29)25-16-7-12(21)5-14(23)9-16/h2-10,24-25H,1H3. The minimum absolute atomic E-state index is 0.0696. The first kappa shape index (κ1) is 24.4. The Morgan fingerprint density at radius 2 is 1.25 bits per heavy atom. The van der Waals surface area contributed by atoms with E-state index in [4.69, 9.17) is 4.74 Å². The molecule has 0 radical (unpaired) electrons. The van der Waals surface area contributed by atoms with Crippen molar-refractivity contribution in [2.24, 2.45) is 0 Å². The van der Waals surface area contributed by atoms with Crippen LogP contribution in [0.1, 0.15) is 0 Å². The number of benzene rings is 3. The van der Waals surface area contributed by atoms with E-state index < -0.39 is 41.5 Å². The molecule has 0 saturated carbocycles. The van der Waals surface area contributed by atoms with Gasteiger partial charge in [-0.2, -0.15) is 0 Å². The predicted octanol–water partition coefficient (Wildman–Crippen LogP) is 5.10. The van der Waals surface area contributed by atoms with Crippen molar-refractivity contribution in [2.45, 2.75) is 9.79 Å². The number of hydrogen-bond donors (Lipinski definition) is 2. The van der Waals surface area contributed by atoms with Gasteiger partial charge in [-0.15, -0.1) is 0 Å². The van der Waals surface area contributed by atoms with Gasteiger partial charge in [0.05, 0.1) is 23.4 Å². The maximum atomic E-state index is 13.6. The van der Waals surface area contributed by atoms with E-state index in [9.17, 15) is 25.6 Å². The summed E-state index contributed by atoms with van der Waals surface area (Å²) >= 11 is 6.13. The van der Waals surface area contributed by atoms with Crippen LogP contribution in [0.25, 0.3) is 0 Å². The van der Waals surface area contributed by atoms with Gasteiger partial charge in [0, 0.05) is 8.95 Å². The highest BCUT2D eigenvalue weighted by atomic mass is 79.9. The third-order valence-corrected chi connectivity index (χ3v) is 7.66. The highest BCUT2D eigenvalue weighted by Crippen LogP contribution is 2.30. The molecule has 0 bridgehead atoms. The van der Waals surface area contributed by atoms with Crippen molar-refractivity contribution in [3.63, 3.8) is 0 Å². The number of nitrogens with one attached hydrogen (secondary N) is 2. The largest absolute Gasteiger partial charge is 0.495 e. The summed E-state index contributed by atoms with van der Waals surface area (Å²) in [5.74, 6) is -1.51. The highest BCUT2D eigenvalue weighted by Gasteiger charge is 2.25. The molecule has 2 N–H and O–H groups in total. The van der Waals surface area contributed by atoms with Crippen LogP contribution in [-0.4, -0.2) is 23.9 Å². The van der Waals surface area contributed by atoms with Crippen molar-refractivity contribution in [3.05, 3.63) is 75.2 Å². The Balaban J connectivity index is 2.02. The molecular formula is C19H14Br2F2N2O5S2. The first-order valence-corrected chi connectivity index (χ1v) is 13.1. The lowest BCUT2D eigenvalue weighted by Crippen LogP contribution is -2.17. The fraction of sp³-hybridized carbons (Fsp3) is 0.0526. The molecule has 0 heterocycles. The zero-order valence-electron chi connectivity index (χ0n) is 16.1. The second-order valence-corrected chi connectivity index (χ2v) is 11.5. The molecule has 13 heteroatoms. The van der Waals surface area contributed by atoms with Gasteiger partial charge in [-0.3, -0.25) is 9.44 Å². The van der Waals surface area contributed by atoms with Crippen molar-refractivity contribution in [3.8, 4) is 5.75 Å². The Morgan fingerprint density at radius 3 is 1.72 bits per heavy atom. The van der Waals surface area contributed by atoms with E-state index in [1.807, 2.05) is 0 Å². The summed E-state index contributed by atoms with van der Waals surface area (Å²) in [5.41, 5.74) is -0.158. The molecule has 32 heavy (non-hydrogen) atoms. The number of anilines is 2. The van der Waals surface area contributed by atoms with Gasteiger partial charge >= 0.3 is 0 Å². The van der Waals surface area contributed by atoms with E-state index >= 15 is 0 Å². The van der Waals surface area contributed by atoms with Crippen LogP contribution in [0.2, 0.25) is 0 Å². The summed E-state index contributed by atoms with van der Waals surface area (Å²) in [4.78, 5) is -0.914. The lowest BCUT2D eigenvalue weighted by atomic mass is 10.3. The quantitative estimate of drug-likeness (QED) is 0.387. The molecule has 170 valence electrons. The van der Waals surface area contributed by atoms with Crippen molar-refractivity contribution in [2.75, 3.05) is 16.6 Å². The summed E-state index contributed by atoms with van der Waals surface area (Å²) in [6.07, 6.45) is 0. The molecule has 3 aromatic carbocycles. The number of halogens is 4. The molecule has 3 rings (SSSR count). The van der Waals surface area contributed by atoms with E-state index in [0.717, 1.165) is 42.5 Å². The van der Waals surface area contributed by atoms with Crippen LogP contribution in [-0.2, 0) is 20.0 Å². The van der Waals surface area contributed by atoms with E-state index in [0.29, 0.717) is 8.95 Å². The Morgan fingerprint density at radius 1 is 0.750 bits per heavy atom. The topological polar surface area (TPSA) is 102 Å². The number of ether oxygens (including phenoxy) is 1. The molecular weight excluding hydrogens is 598 g/mol. The summed E-state index contributed by atoms with van der Waals surface area (Å²) < 4.78 is 88.7. The molecule has 0 saturated heterocycles. The molecule has 0 aromatic heterocycles. The Hall–Kier alpha value is -2.22. The van der Waals surface area contributed by atoms with Crippen LogP contribution < -0.4 is 14.2 Å². The summed E-state index contributed by atoms with van der Waals surface area (Å²) in [5, 5.41) is 0.